The summed E-state index contributed by atoms with van der Waals surface area (Å²) in [6.45, 7) is 6.33. The highest BCUT2D eigenvalue weighted by atomic mass is 16.5. The van der Waals surface area contributed by atoms with E-state index < -0.39 is 0 Å². The maximum absolute atomic E-state index is 12.0. The van der Waals surface area contributed by atoms with Gasteiger partial charge in [0.15, 0.2) is 0 Å². The quantitative estimate of drug-likeness (QED) is 0.177. The number of ether oxygens (including phenoxy) is 2. The first-order valence-corrected chi connectivity index (χ1v) is 14.1. The van der Waals surface area contributed by atoms with Crippen LogP contribution in [-0.2, 0) is 17.6 Å². The minimum atomic E-state index is -0.120. The maximum atomic E-state index is 12.0. The largest absolute Gasteiger partial charge is 0.490 e. The summed E-state index contributed by atoms with van der Waals surface area (Å²) >= 11 is 0. The van der Waals surface area contributed by atoms with Crippen LogP contribution in [0.15, 0.2) is 72.8 Å². The Balaban J connectivity index is 1.31. The number of hydrogen-bond acceptors (Lipinski definition) is 4. The molecule has 40 heavy (non-hydrogen) atoms. The molecule has 0 saturated carbocycles. The molecule has 0 unspecified atom stereocenters. The molecule has 4 aromatic carbocycles. The third kappa shape index (κ3) is 8.37. The zero-order chi connectivity index (χ0) is 28.2. The van der Waals surface area contributed by atoms with Gasteiger partial charge in [0.25, 0.3) is 0 Å². The smallest absolute Gasteiger partial charge is 0.314 e. The number of amides is 3. The standard InChI is InChI=1S/C33H39N3O4/c1-3-4-17-35-33(38)36-19-16-28-10-6-8-26-12-14-30(23-32(26)28)40-21-20-39-29-13-11-25-7-5-9-27(31(25)22-29)15-18-34-24(2)37/h5-14,22-23H,3-4,15-21H2,1-2H3,(H,34,37)(H2,35,36,38). The summed E-state index contributed by atoms with van der Waals surface area (Å²) in [4.78, 5) is 23.2. The van der Waals surface area contributed by atoms with Crippen LogP contribution < -0.4 is 25.4 Å². The van der Waals surface area contributed by atoms with Crippen molar-refractivity contribution in [2.75, 3.05) is 32.8 Å². The fourth-order valence-electron chi connectivity index (χ4n) is 4.69. The first-order valence-electron chi connectivity index (χ1n) is 14.1. The van der Waals surface area contributed by atoms with Gasteiger partial charge in [-0.05, 0) is 76.2 Å². The normalized spacial score (nSPS) is 10.8. The van der Waals surface area contributed by atoms with Crippen LogP contribution in [0.25, 0.3) is 21.5 Å². The molecule has 3 N–H and O–H groups in total. The lowest BCUT2D eigenvalue weighted by molar-refractivity contribution is -0.118. The number of carbonyl (C=O) groups excluding carboxylic acids is 2. The molecule has 0 heterocycles. The molecule has 7 heteroatoms. The Morgan fingerprint density at radius 2 is 1.20 bits per heavy atom. The van der Waals surface area contributed by atoms with E-state index in [1.807, 2.05) is 24.3 Å². The third-order valence-corrected chi connectivity index (χ3v) is 6.77. The lowest BCUT2D eigenvalue weighted by Gasteiger charge is -2.13. The average molecular weight is 542 g/mol. The summed E-state index contributed by atoms with van der Waals surface area (Å²) in [6.07, 6.45) is 3.53. The van der Waals surface area contributed by atoms with E-state index in [4.69, 9.17) is 9.47 Å². The first-order chi connectivity index (χ1) is 19.5. The fraction of sp³-hybridized carbons (Fsp3) is 0.333. The number of fused-ring (bicyclic) bond motifs is 2. The summed E-state index contributed by atoms with van der Waals surface area (Å²) in [6, 6.07) is 24.5. The van der Waals surface area contributed by atoms with Crippen molar-refractivity contribution in [1.82, 2.24) is 16.0 Å². The molecule has 4 rings (SSSR count). The van der Waals surface area contributed by atoms with E-state index in [0.717, 1.165) is 58.7 Å². The van der Waals surface area contributed by atoms with E-state index in [2.05, 4.69) is 71.4 Å². The van der Waals surface area contributed by atoms with Crippen molar-refractivity contribution in [2.45, 2.75) is 39.5 Å². The predicted molar refractivity (Wildman–Crippen MR) is 161 cm³/mol. The van der Waals surface area contributed by atoms with Gasteiger partial charge in [-0.3, -0.25) is 4.79 Å². The van der Waals surface area contributed by atoms with E-state index in [1.54, 1.807) is 0 Å². The van der Waals surface area contributed by atoms with Crippen molar-refractivity contribution in [3.8, 4) is 11.5 Å². The van der Waals surface area contributed by atoms with Gasteiger partial charge in [-0.1, -0.05) is 61.9 Å². The molecule has 0 bridgehead atoms. The number of benzene rings is 4. The molecule has 0 aliphatic heterocycles. The van der Waals surface area contributed by atoms with Crippen molar-refractivity contribution in [3.63, 3.8) is 0 Å². The highest BCUT2D eigenvalue weighted by Gasteiger charge is 2.07. The van der Waals surface area contributed by atoms with Crippen LogP contribution in [-0.4, -0.2) is 44.8 Å². The van der Waals surface area contributed by atoms with Crippen LogP contribution in [0.4, 0.5) is 4.79 Å². The van der Waals surface area contributed by atoms with Crippen molar-refractivity contribution >= 4 is 33.5 Å². The number of carbonyl (C=O) groups is 2. The van der Waals surface area contributed by atoms with E-state index in [9.17, 15) is 9.59 Å². The van der Waals surface area contributed by atoms with Gasteiger partial charge >= 0.3 is 6.03 Å². The second kappa shape index (κ2) is 14.8. The molecule has 0 aliphatic carbocycles. The number of unbranched alkanes of at least 4 members (excludes halogenated alkanes) is 1. The van der Waals surface area contributed by atoms with Crippen molar-refractivity contribution in [3.05, 3.63) is 83.9 Å². The molecule has 0 atom stereocenters. The van der Waals surface area contributed by atoms with E-state index in [-0.39, 0.29) is 11.9 Å². The van der Waals surface area contributed by atoms with Crippen LogP contribution in [0.3, 0.4) is 0 Å². The van der Waals surface area contributed by atoms with Crippen LogP contribution in [0.5, 0.6) is 11.5 Å². The second-order valence-corrected chi connectivity index (χ2v) is 9.82. The van der Waals surface area contributed by atoms with Gasteiger partial charge < -0.3 is 25.4 Å². The number of nitrogens with one attached hydrogen (secondary N) is 3. The minimum absolute atomic E-state index is 0.0221. The molecule has 0 spiro atoms. The van der Waals surface area contributed by atoms with Crippen LogP contribution >= 0.6 is 0 Å². The molecule has 0 fully saturated rings. The lowest BCUT2D eigenvalue weighted by Crippen LogP contribution is -2.37. The Hall–Kier alpha value is -4.26. The Morgan fingerprint density at radius 3 is 1.73 bits per heavy atom. The van der Waals surface area contributed by atoms with Crippen LogP contribution in [0.2, 0.25) is 0 Å². The highest BCUT2D eigenvalue weighted by molar-refractivity contribution is 5.88. The van der Waals surface area contributed by atoms with Crippen LogP contribution in [0, 0.1) is 0 Å². The molecule has 0 saturated heterocycles. The number of rotatable bonds is 14. The summed E-state index contributed by atoms with van der Waals surface area (Å²) < 4.78 is 12.0. The van der Waals surface area contributed by atoms with Gasteiger partial charge in [0, 0.05) is 26.6 Å². The van der Waals surface area contributed by atoms with Crippen molar-refractivity contribution in [1.29, 1.82) is 0 Å². The Kier molecular flexibility index (Phi) is 10.6. The molecule has 0 radical (unpaired) electrons. The molecule has 0 aromatic heterocycles. The topological polar surface area (TPSA) is 88.7 Å². The number of urea groups is 1. The molecule has 0 aliphatic rings. The van der Waals surface area contributed by atoms with E-state index in [0.29, 0.717) is 32.8 Å². The predicted octanol–water partition coefficient (Wildman–Crippen LogP) is 5.77. The van der Waals surface area contributed by atoms with Crippen molar-refractivity contribution in [2.24, 2.45) is 0 Å². The van der Waals surface area contributed by atoms with Crippen LogP contribution in [0.1, 0.15) is 37.8 Å². The monoisotopic (exact) mass is 541 g/mol. The fourth-order valence-corrected chi connectivity index (χ4v) is 4.69. The van der Waals surface area contributed by atoms with Gasteiger partial charge in [0.1, 0.15) is 24.7 Å². The summed E-state index contributed by atoms with van der Waals surface area (Å²) in [5, 5.41) is 13.2. The first kappa shape index (κ1) is 28.7. The Morgan fingerprint density at radius 1 is 0.675 bits per heavy atom. The van der Waals surface area contributed by atoms with Gasteiger partial charge in [-0.15, -0.1) is 0 Å². The highest BCUT2D eigenvalue weighted by Crippen LogP contribution is 2.26. The zero-order valence-electron chi connectivity index (χ0n) is 23.4. The summed E-state index contributed by atoms with van der Waals surface area (Å²) in [5.74, 6) is 1.55. The lowest BCUT2D eigenvalue weighted by atomic mass is 10.0. The number of hydrogen-bond donors (Lipinski definition) is 3. The van der Waals surface area contributed by atoms with E-state index >= 15 is 0 Å². The van der Waals surface area contributed by atoms with Gasteiger partial charge in [0.2, 0.25) is 5.91 Å². The SMILES string of the molecule is CCCCNC(=O)NCCc1cccc2ccc(OCCOc3ccc4cccc(CCNC(C)=O)c4c3)cc12. The molecular formula is C33H39N3O4. The molecule has 4 aromatic rings. The van der Waals surface area contributed by atoms with Gasteiger partial charge in [0.05, 0.1) is 0 Å². The summed E-state index contributed by atoms with van der Waals surface area (Å²) in [7, 11) is 0. The molecule has 3 amide bonds. The zero-order valence-corrected chi connectivity index (χ0v) is 23.4. The average Bonchev–Trinajstić information content (AvgIpc) is 2.95. The molecule has 210 valence electrons. The molecule has 7 nitrogen and oxygen atoms in total. The molecular weight excluding hydrogens is 502 g/mol. The Bertz CT molecular complexity index is 1440. The summed E-state index contributed by atoms with van der Waals surface area (Å²) in [5.41, 5.74) is 2.34. The second-order valence-electron chi connectivity index (χ2n) is 9.82. The third-order valence-electron chi connectivity index (χ3n) is 6.77. The minimum Gasteiger partial charge on any atom is -0.490 e. The Labute approximate surface area is 236 Å². The van der Waals surface area contributed by atoms with E-state index in [1.165, 1.54) is 18.1 Å². The van der Waals surface area contributed by atoms with Gasteiger partial charge in [-0.2, -0.15) is 0 Å². The maximum Gasteiger partial charge on any atom is 0.314 e. The van der Waals surface area contributed by atoms with Gasteiger partial charge in [-0.25, -0.2) is 4.79 Å². The van der Waals surface area contributed by atoms with Crippen molar-refractivity contribution < 1.29 is 19.1 Å².